The van der Waals surface area contributed by atoms with Gasteiger partial charge in [-0.05, 0) is 43.0 Å². The zero-order chi connectivity index (χ0) is 21.4. The number of hydrogen-bond acceptors (Lipinski definition) is 3. The van der Waals surface area contributed by atoms with Gasteiger partial charge in [-0.3, -0.25) is 4.79 Å². The van der Waals surface area contributed by atoms with E-state index in [1.54, 1.807) is 6.07 Å². The molecule has 0 aliphatic heterocycles. The lowest BCUT2D eigenvalue weighted by molar-refractivity contribution is 0.540. The molecule has 1 aromatic carbocycles. The van der Waals surface area contributed by atoms with Gasteiger partial charge in [0.15, 0.2) is 5.43 Å². The lowest BCUT2D eigenvalue weighted by Gasteiger charge is -2.14. The van der Waals surface area contributed by atoms with Gasteiger partial charge in [0.1, 0.15) is 10.8 Å². The Hall–Kier alpha value is -2.98. The molecule has 1 saturated carbocycles. The highest BCUT2D eigenvalue weighted by Gasteiger charge is 2.18. The number of hydrogen-bond donors (Lipinski definition) is 1. The van der Waals surface area contributed by atoms with E-state index in [2.05, 4.69) is 9.97 Å². The van der Waals surface area contributed by atoms with Crippen molar-refractivity contribution in [2.75, 3.05) is 0 Å². The number of pyridine rings is 3. The molecule has 4 aromatic rings. The molecule has 0 amide bonds. The smallest absolute Gasteiger partial charge is 0.191 e. The van der Waals surface area contributed by atoms with Crippen LogP contribution in [-0.4, -0.2) is 15.0 Å². The molecule has 0 bridgehead atoms. The van der Waals surface area contributed by atoms with Gasteiger partial charge in [0.25, 0.3) is 0 Å². The molecule has 0 atom stereocenters. The third-order valence-electron chi connectivity index (χ3n) is 6.14. The van der Waals surface area contributed by atoms with Crippen molar-refractivity contribution in [1.29, 1.82) is 0 Å². The predicted octanol–water partition coefficient (Wildman–Crippen LogP) is 6.35. The number of nitrogens with zero attached hydrogens (tertiary/aromatic N) is 2. The average Bonchev–Trinajstić information content (AvgIpc) is 3.26. The van der Waals surface area contributed by atoms with Crippen LogP contribution in [-0.2, 0) is 6.42 Å². The summed E-state index contributed by atoms with van der Waals surface area (Å²) in [5.74, 6) is 0.655. The summed E-state index contributed by atoms with van der Waals surface area (Å²) in [6, 6.07) is 17.5. The van der Waals surface area contributed by atoms with Crippen molar-refractivity contribution < 1.29 is 0 Å². The Balaban J connectivity index is 1.71. The highest BCUT2D eigenvalue weighted by molar-refractivity contribution is 6.29. The quantitative estimate of drug-likeness (QED) is 0.384. The number of benzene rings is 1. The van der Waals surface area contributed by atoms with Crippen molar-refractivity contribution in [1.82, 2.24) is 15.0 Å². The summed E-state index contributed by atoms with van der Waals surface area (Å²) in [5.41, 5.74) is 6.04. The van der Waals surface area contributed by atoms with Crippen LogP contribution < -0.4 is 5.43 Å². The Morgan fingerprint density at radius 2 is 1.77 bits per heavy atom. The molecule has 3 heterocycles. The number of H-pyrrole nitrogens is 1. The Morgan fingerprint density at radius 1 is 1.00 bits per heavy atom. The van der Waals surface area contributed by atoms with E-state index < -0.39 is 0 Å². The number of halogens is 1. The van der Waals surface area contributed by atoms with Gasteiger partial charge in [0.2, 0.25) is 0 Å². The minimum absolute atomic E-state index is 0.00647. The fraction of sp³-hybridized carbons (Fsp3) is 0.269. The SMILES string of the molecule is Cc1cc(-c2cc3c(=O)cc(CC4CCCC4)[nH]c3nc2-c2ccccc2)cc(Cl)n1. The summed E-state index contributed by atoms with van der Waals surface area (Å²) in [5, 5.41) is 1.02. The van der Waals surface area contributed by atoms with Gasteiger partial charge >= 0.3 is 0 Å². The van der Waals surface area contributed by atoms with Crippen LogP contribution in [0.2, 0.25) is 5.15 Å². The molecule has 4 nitrogen and oxygen atoms in total. The van der Waals surface area contributed by atoms with E-state index >= 15 is 0 Å². The standard InChI is InChI=1S/C26H24ClN3O/c1-16-11-19(13-24(27)28-16)21-15-22-23(31)14-20(12-17-7-5-6-8-17)29-26(22)30-25(21)18-9-3-2-4-10-18/h2-4,9-11,13-15,17H,5-8,12H2,1H3,(H,29,30,31). The molecule has 1 fully saturated rings. The normalized spacial score (nSPS) is 14.4. The second-order valence-electron chi connectivity index (χ2n) is 8.48. The van der Waals surface area contributed by atoms with Crippen LogP contribution in [0.5, 0.6) is 0 Å². The number of fused-ring (bicyclic) bond motifs is 1. The first-order chi connectivity index (χ1) is 15.1. The Morgan fingerprint density at radius 3 is 2.52 bits per heavy atom. The first-order valence-electron chi connectivity index (χ1n) is 10.8. The lowest BCUT2D eigenvalue weighted by atomic mass is 9.97. The van der Waals surface area contributed by atoms with Crippen LogP contribution in [0.4, 0.5) is 0 Å². The van der Waals surface area contributed by atoms with Crippen LogP contribution >= 0.6 is 11.6 Å². The van der Waals surface area contributed by atoms with Crippen LogP contribution in [0.15, 0.2) is 59.4 Å². The molecule has 0 radical (unpaired) electrons. The van der Waals surface area contributed by atoms with Gasteiger partial charge in [-0.1, -0.05) is 67.6 Å². The highest BCUT2D eigenvalue weighted by Crippen LogP contribution is 2.34. The fourth-order valence-corrected chi connectivity index (χ4v) is 4.93. The summed E-state index contributed by atoms with van der Waals surface area (Å²) in [4.78, 5) is 25.7. The van der Waals surface area contributed by atoms with Gasteiger partial charge in [0.05, 0.1) is 11.1 Å². The van der Waals surface area contributed by atoms with Gasteiger partial charge in [-0.15, -0.1) is 0 Å². The van der Waals surface area contributed by atoms with Crippen molar-refractivity contribution in [3.63, 3.8) is 0 Å². The van der Waals surface area contributed by atoms with Crippen molar-refractivity contribution in [3.8, 4) is 22.4 Å². The summed E-state index contributed by atoms with van der Waals surface area (Å²) in [6.45, 7) is 1.91. The molecule has 5 heteroatoms. The average molecular weight is 430 g/mol. The van der Waals surface area contributed by atoms with Crippen molar-refractivity contribution in [2.24, 2.45) is 5.92 Å². The monoisotopic (exact) mass is 429 g/mol. The largest absolute Gasteiger partial charge is 0.343 e. The first kappa shape index (κ1) is 20.0. The second-order valence-corrected chi connectivity index (χ2v) is 8.87. The van der Waals surface area contributed by atoms with Crippen LogP contribution in [0.25, 0.3) is 33.4 Å². The van der Waals surface area contributed by atoms with Gasteiger partial charge < -0.3 is 4.98 Å². The molecule has 3 aromatic heterocycles. The van der Waals surface area contributed by atoms with Crippen LogP contribution in [0, 0.1) is 12.8 Å². The third-order valence-corrected chi connectivity index (χ3v) is 6.33. The maximum Gasteiger partial charge on any atom is 0.191 e. The molecule has 31 heavy (non-hydrogen) atoms. The minimum Gasteiger partial charge on any atom is -0.343 e. The maximum absolute atomic E-state index is 13.0. The molecule has 5 rings (SSSR count). The summed E-state index contributed by atoms with van der Waals surface area (Å²) in [7, 11) is 0. The Bertz CT molecular complexity index is 1290. The van der Waals surface area contributed by atoms with Crippen LogP contribution in [0.1, 0.15) is 37.1 Å². The Kier molecular flexibility index (Phi) is 5.33. The molecule has 1 aliphatic rings. The summed E-state index contributed by atoms with van der Waals surface area (Å²) < 4.78 is 0. The number of nitrogens with one attached hydrogen (secondary N) is 1. The second kappa shape index (κ2) is 8.27. The molecule has 1 aliphatic carbocycles. The number of aromatic nitrogens is 3. The number of rotatable bonds is 4. The lowest BCUT2D eigenvalue weighted by Crippen LogP contribution is -2.10. The predicted molar refractivity (Wildman–Crippen MR) is 126 cm³/mol. The van der Waals surface area contributed by atoms with Crippen LogP contribution in [0.3, 0.4) is 0 Å². The Labute approximate surface area is 186 Å². The van der Waals surface area contributed by atoms with Crippen molar-refractivity contribution in [3.05, 3.63) is 81.4 Å². The molecule has 0 unspecified atom stereocenters. The minimum atomic E-state index is 0.00647. The maximum atomic E-state index is 13.0. The highest BCUT2D eigenvalue weighted by atomic mass is 35.5. The summed E-state index contributed by atoms with van der Waals surface area (Å²) >= 11 is 6.25. The van der Waals surface area contributed by atoms with E-state index in [4.69, 9.17) is 16.6 Å². The van der Waals surface area contributed by atoms with E-state index in [0.717, 1.165) is 40.2 Å². The van der Waals surface area contributed by atoms with E-state index in [-0.39, 0.29) is 5.43 Å². The molecular weight excluding hydrogens is 406 g/mol. The molecule has 1 N–H and O–H groups in total. The fourth-order valence-electron chi connectivity index (χ4n) is 4.68. The molecule has 0 saturated heterocycles. The van der Waals surface area contributed by atoms with Gasteiger partial charge in [0, 0.05) is 28.6 Å². The van der Waals surface area contributed by atoms with E-state index in [1.165, 1.54) is 25.7 Å². The van der Waals surface area contributed by atoms with Gasteiger partial charge in [-0.25, -0.2) is 9.97 Å². The molecular formula is C26H24ClN3O. The first-order valence-corrected chi connectivity index (χ1v) is 11.2. The topological polar surface area (TPSA) is 58.6 Å². The van der Waals surface area contributed by atoms with Gasteiger partial charge in [-0.2, -0.15) is 0 Å². The van der Waals surface area contributed by atoms with E-state index in [0.29, 0.717) is 22.1 Å². The van der Waals surface area contributed by atoms with Crippen molar-refractivity contribution >= 4 is 22.6 Å². The zero-order valence-electron chi connectivity index (χ0n) is 17.5. The third kappa shape index (κ3) is 4.13. The number of aryl methyl sites for hydroxylation is 1. The van der Waals surface area contributed by atoms with Crippen molar-refractivity contribution in [2.45, 2.75) is 39.0 Å². The zero-order valence-corrected chi connectivity index (χ0v) is 18.2. The summed E-state index contributed by atoms with van der Waals surface area (Å²) in [6.07, 6.45) is 5.97. The molecule has 0 spiro atoms. The van der Waals surface area contributed by atoms with E-state index in [1.807, 2.05) is 55.5 Å². The van der Waals surface area contributed by atoms with E-state index in [9.17, 15) is 4.79 Å². The number of aromatic amines is 1. The molecule has 156 valence electrons.